The molecule has 0 saturated carbocycles. The minimum Gasteiger partial charge on any atom is -0.391 e. The van der Waals surface area contributed by atoms with Gasteiger partial charge in [-0.25, -0.2) is 9.18 Å². The van der Waals surface area contributed by atoms with E-state index in [0.29, 0.717) is 24.9 Å². The van der Waals surface area contributed by atoms with Crippen LogP contribution in [0, 0.1) is 12.7 Å². The number of carbonyl (C=O) groups excluding carboxylic acids is 1. The fraction of sp³-hybridized carbons (Fsp3) is 0.368. The molecule has 0 unspecified atom stereocenters. The van der Waals surface area contributed by atoms with Crippen LogP contribution in [0.3, 0.4) is 0 Å². The van der Waals surface area contributed by atoms with E-state index < -0.39 is 6.10 Å². The van der Waals surface area contributed by atoms with Gasteiger partial charge in [0.25, 0.3) is 0 Å². The summed E-state index contributed by atoms with van der Waals surface area (Å²) in [6.07, 6.45) is 0.447. The first-order valence-electron chi connectivity index (χ1n) is 8.43. The minimum atomic E-state index is -0.600. The minimum absolute atomic E-state index is 0.246. The Balaban J connectivity index is 1.61. The van der Waals surface area contributed by atoms with E-state index in [1.807, 2.05) is 25.1 Å². The van der Waals surface area contributed by atoms with E-state index in [1.165, 1.54) is 12.1 Å². The van der Waals surface area contributed by atoms with Gasteiger partial charge in [-0.05, 0) is 43.2 Å². The Bertz CT molecular complexity index is 753. The number of rotatable bonds is 4. The molecule has 1 fully saturated rings. The van der Waals surface area contributed by atoms with Crippen LogP contribution in [0.2, 0.25) is 0 Å². The summed E-state index contributed by atoms with van der Waals surface area (Å²) < 4.78 is 13.5. The number of hydrogen-bond donors (Lipinski definition) is 2. The first-order valence-corrected chi connectivity index (χ1v) is 8.43. The lowest BCUT2D eigenvalue weighted by Crippen LogP contribution is -2.41. The Kier molecular flexibility index (Phi) is 5.28. The van der Waals surface area contributed by atoms with Gasteiger partial charge in [0.05, 0.1) is 12.1 Å². The van der Waals surface area contributed by atoms with E-state index in [0.717, 1.165) is 11.4 Å². The Labute approximate surface area is 146 Å². The largest absolute Gasteiger partial charge is 0.391 e. The predicted octanol–water partition coefficient (Wildman–Crippen LogP) is 2.59. The highest BCUT2D eigenvalue weighted by Gasteiger charge is 2.35. The maximum Gasteiger partial charge on any atom is 0.318 e. The van der Waals surface area contributed by atoms with Gasteiger partial charge in [0.1, 0.15) is 5.82 Å². The van der Waals surface area contributed by atoms with Crippen LogP contribution in [0.5, 0.6) is 0 Å². The molecule has 1 aliphatic rings. The van der Waals surface area contributed by atoms with Crippen LogP contribution in [0.1, 0.15) is 29.4 Å². The highest BCUT2D eigenvalue weighted by atomic mass is 19.1. The Morgan fingerprint density at radius 2 is 2.16 bits per heavy atom. The molecule has 0 aliphatic carbocycles. The molecule has 0 radical (unpaired) electrons. The summed E-state index contributed by atoms with van der Waals surface area (Å²) in [6, 6.07) is 11.4. The monoisotopic (exact) mass is 343 g/mol. The van der Waals surface area contributed by atoms with E-state index in [9.17, 15) is 14.3 Å². The number of urea groups is 1. The molecule has 5 nitrogen and oxygen atoms in total. The number of amides is 2. The quantitative estimate of drug-likeness (QED) is 0.897. The molecule has 1 aromatic heterocycles. The number of hydrogen-bond acceptors (Lipinski definition) is 3. The summed E-state index contributed by atoms with van der Waals surface area (Å²) in [6.45, 7) is 2.63. The number of carbonyl (C=O) groups is 1. The molecule has 1 saturated heterocycles. The molecule has 2 N–H and O–H groups in total. The van der Waals surface area contributed by atoms with Gasteiger partial charge in [-0.2, -0.15) is 0 Å². The molecule has 0 bridgehead atoms. The van der Waals surface area contributed by atoms with Gasteiger partial charge in [-0.1, -0.05) is 18.2 Å². The van der Waals surface area contributed by atoms with Crippen molar-refractivity contribution in [1.29, 1.82) is 0 Å². The van der Waals surface area contributed by atoms with Crippen LogP contribution in [-0.4, -0.2) is 40.2 Å². The molecule has 0 spiro atoms. The lowest BCUT2D eigenvalue weighted by atomic mass is 10.0. The van der Waals surface area contributed by atoms with Gasteiger partial charge in [0.2, 0.25) is 0 Å². The third-order valence-corrected chi connectivity index (χ3v) is 4.38. The highest BCUT2D eigenvalue weighted by Crippen LogP contribution is 2.32. The number of aliphatic hydroxyl groups is 1. The third kappa shape index (κ3) is 4.33. The standard InChI is InChI=1S/C19H22FN3O2/c1-13-4-2-7-16(22-13)8-9-21-19(25)23-12-17(24)11-18(23)14-5-3-6-15(20)10-14/h2-7,10,17-18,24H,8-9,11-12H2,1H3,(H,21,25)/t17-,18-/m1/s1. The zero-order chi connectivity index (χ0) is 17.8. The normalized spacial score (nSPS) is 19.9. The molecule has 25 heavy (non-hydrogen) atoms. The fourth-order valence-electron chi connectivity index (χ4n) is 3.21. The van der Waals surface area contributed by atoms with Crippen LogP contribution < -0.4 is 5.32 Å². The lowest BCUT2D eigenvalue weighted by Gasteiger charge is -2.25. The van der Waals surface area contributed by atoms with Gasteiger partial charge < -0.3 is 15.3 Å². The Morgan fingerprint density at radius 1 is 1.36 bits per heavy atom. The Morgan fingerprint density at radius 3 is 2.92 bits per heavy atom. The molecule has 1 aliphatic heterocycles. The number of aliphatic hydroxyl groups excluding tert-OH is 1. The van der Waals surface area contributed by atoms with Gasteiger partial charge >= 0.3 is 6.03 Å². The molecule has 132 valence electrons. The summed E-state index contributed by atoms with van der Waals surface area (Å²) in [5.74, 6) is -0.343. The van der Waals surface area contributed by atoms with Crippen molar-refractivity contribution in [2.24, 2.45) is 0 Å². The Hall–Kier alpha value is -2.47. The van der Waals surface area contributed by atoms with Gasteiger partial charge in [-0.15, -0.1) is 0 Å². The lowest BCUT2D eigenvalue weighted by molar-refractivity contribution is 0.169. The molecule has 3 rings (SSSR count). The zero-order valence-electron chi connectivity index (χ0n) is 14.2. The number of β-amino-alcohol motifs (C(OH)–C–C–N with tert-alkyl or cyclic N) is 1. The number of benzene rings is 1. The van der Waals surface area contributed by atoms with Crippen LogP contribution in [0.15, 0.2) is 42.5 Å². The van der Waals surface area contributed by atoms with Crippen molar-refractivity contribution in [2.45, 2.75) is 31.9 Å². The van der Waals surface area contributed by atoms with Crippen molar-refractivity contribution in [3.8, 4) is 0 Å². The van der Waals surface area contributed by atoms with Crippen LogP contribution >= 0.6 is 0 Å². The second-order valence-electron chi connectivity index (χ2n) is 6.36. The summed E-state index contributed by atoms with van der Waals surface area (Å²) in [7, 11) is 0. The molecule has 2 amide bonds. The van der Waals surface area contributed by atoms with Crippen molar-refractivity contribution < 1.29 is 14.3 Å². The SMILES string of the molecule is Cc1cccc(CCNC(=O)N2C[C@H](O)C[C@@H]2c2cccc(F)c2)n1. The second kappa shape index (κ2) is 7.61. The summed E-state index contributed by atoms with van der Waals surface area (Å²) in [5, 5.41) is 12.8. The van der Waals surface area contributed by atoms with Crippen molar-refractivity contribution in [1.82, 2.24) is 15.2 Å². The molecule has 1 aromatic carbocycles. The topological polar surface area (TPSA) is 65.5 Å². The summed E-state index contributed by atoms with van der Waals surface area (Å²) >= 11 is 0. The van der Waals surface area contributed by atoms with Gasteiger partial charge in [0.15, 0.2) is 0 Å². The smallest absolute Gasteiger partial charge is 0.318 e. The maximum absolute atomic E-state index is 13.5. The van der Waals surface area contributed by atoms with E-state index >= 15 is 0 Å². The number of nitrogens with one attached hydrogen (secondary N) is 1. The fourth-order valence-corrected chi connectivity index (χ4v) is 3.21. The van der Waals surface area contributed by atoms with Crippen LogP contribution in [0.25, 0.3) is 0 Å². The van der Waals surface area contributed by atoms with E-state index in [-0.39, 0.29) is 24.4 Å². The molecular formula is C19H22FN3O2. The van der Waals surface area contributed by atoms with Crippen LogP contribution in [0.4, 0.5) is 9.18 Å². The third-order valence-electron chi connectivity index (χ3n) is 4.38. The van der Waals surface area contributed by atoms with E-state index in [1.54, 1.807) is 17.0 Å². The molecule has 2 atom stereocenters. The maximum atomic E-state index is 13.5. The van der Waals surface area contributed by atoms with Crippen molar-refractivity contribution in [2.75, 3.05) is 13.1 Å². The average Bonchev–Trinajstić information content (AvgIpc) is 2.97. The number of halogens is 1. The zero-order valence-corrected chi connectivity index (χ0v) is 14.2. The first kappa shape index (κ1) is 17.4. The van der Waals surface area contributed by atoms with Gasteiger partial charge in [-0.3, -0.25) is 4.98 Å². The number of aromatic nitrogens is 1. The number of pyridine rings is 1. The molecule has 6 heteroatoms. The second-order valence-corrected chi connectivity index (χ2v) is 6.36. The van der Waals surface area contributed by atoms with Crippen molar-refractivity contribution in [3.05, 3.63) is 65.2 Å². The molecule has 2 heterocycles. The molecule has 2 aromatic rings. The van der Waals surface area contributed by atoms with Crippen molar-refractivity contribution >= 4 is 6.03 Å². The predicted molar refractivity (Wildman–Crippen MR) is 92.5 cm³/mol. The number of likely N-dealkylation sites (tertiary alicyclic amines) is 1. The van der Waals surface area contributed by atoms with Gasteiger partial charge in [0, 0.05) is 30.9 Å². The summed E-state index contributed by atoms with van der Waals surface area (Å²) in [4.78, 5) is 18.5. The summed E-state index contributed by atoms with van der Waals surface area (Å²) in [5.41, 5.74) is 2.56. The number of aryl methyl sites for hydroxylation is 1. The van der Waals surface area contributed by atoms with Crippen LogP contribution in [-0.2, 0) is 6.42 Å². The highest BCUT2D eigenvalue weighted by molar-refractivity contribution is 5.75. The van der Waals surface area contributed by atoms with Crippen molar-refractivity contribution in [3.63, 3.8) is 0 Å². The van der Waals surface area contributed by atoms with E-state index in [4.69, 9.17) is 0 Å². The molecular weight excluding hydrogens is 321 g/mol. The average molecular weight is 343 g/mol. The van der Waals surface area contributed by atoms with E-state index in [2.05, 4.69) is 10.3 Å². The first-order chi connectivity index (χ1) is 12.0. The number of nitrogens with zero attached hydrogens (tertiary/aromatic N) is 2.